The highest BCUT2D eigenvalue weighted by Gasteiger charge is 2.23. The molecule has 0 bridgehead atoms. The van der Waals surface area contributed by atoms with E-state index in [1.807, 2.05) is 17.0 Å². The smallest absolute Gasteiger partial charge is 0.255 e. The van der Waals surface area contributed by atoms with Gasteiger partial charge in [0.1, 0.15) is 5.82 Å². The fourth-order valence-electron chi connectivity index (χ4n) is 4.32. The zero-order valence-corrected chi connectivity index (χ0v) is 17.6. The van der Waals surface area contributed by atoms with Gasteiger partial charge in [-0.3, -0.25) is 4.79 Å². The second-order valence-corrected chi connectivity index (χ2v) is 8.65. The number of pyridine rings is 1. The Kier molecular flexibility index (Phi) is 6.02. The molecule has 1 amide bonds. The molecule has 0 saturated carbocycles. The maximum absolute atomic E-state index is 12.7. The number of nitrogens with one attached hydrogen (secondary N) is 1. The Balaban J connectivity index is 1.30. The van der Waals surface area contributed by atoms with Gasteiger partial charge in [-0.15, -0.1) is 0 Å². The molecule has 0 aliphatic carbocycles. The first kappa shape index (κ1) is 19.7. The molecule has 5 heteroatoms. The molecule has 3 heterocycles. The Morgan fingerprint density at radius 2 is 1.79 bits per heavy atom. The fraction of sp³-hybridized carbons (Fsp3) is 0.500. The van der Waals surface area contributed by atoms with Crippen LogP contribution in [0, 0.1) is 12.8 Å². The van der Waals surface area contributed by atoms with Crippen molar-refractivity contribution in [3.05, 3.63) is 53.7 Å². The molecule has 154 valence electrons. The summed E-state index contributed by atoms with van der Waals surface area (Å²) in [5.74, 6) is 1.82. The van der Waals surface area contributed by atoms with Crippen LogP contribution in [0.25, 0.3) is 0 Å². The van der Waals surface area contributed by atoms with E-state index in [9.17, 15) is 4.79 Å². The summed E-state index contributed by atoms with van der Waals surface area (Å²) in [5, 5.41) is 3.66. The van der Waals surface area contributed by atoms with Crippen molar-refractivity contribution in [1.82, 2.24) is 9.88 Å². The molecule has 1 aromatic carbocycles. The number of aryl methyl sites for hydroxylation is 1. The van der Waals surface area contributed by atoms with E-state index < -0.39 is 0 Å². The Hall–Kier alpha value is -2.56. The van der Waals surface area contributed by atoms with Gasteiger partial charge in [-0.05, 0) is 68.4 Å². The summed E-state index contributed by atoms with van der Waals surface area (Å²) < 4.78 is 0. The van der Waals surface area contributed by atoms with E-state index in [1.165, 1.54) is 11.3 Å². The Morgan fingerprint density at radius 3 is 2.45 bits per heavy atom. The summed E-state index contributed by atoms with van der Waals surface area (Å²) in [4.78, 5) is 21.6. The quantitative estimate of drug-likeness (QED) is 0.841. The van der Waals surface area contributed by atoms with Gasteiger partial charge >= 0.3 is 0 Å². The second kappa shape index (κ2) is 8.85. The fourth-order valence-corrected chi connectivity index (χ4v) is 4.32. The van der Waals surface area contributed by atoms with Crippen molar-refractivity contribution < 1.29 is 4.79 Å². The maximum atomic E-state index is 12.7. The standard InChI is InChI=1S/C24H32N4O/c1-18-8-12-28(13-9-18)24(29)20-6-7-23(25-17-20)27-14-10-21(11-15-27)26-22-5-3-4-19(2)16-22/h3-7,16-18,21,26H,8-15H2,1-2H3. The molecule has 0 atom stereocenters. The molecule has 2 aliphatic heterocycles. The van der Waals surface area contributed by atoms with Crippen LogP contribution in [-0.2, 0) is 0 Å². The van der Waals surface area contributed by atoms with Gasteiger partial charge in [0, 0.05) is 44.1 Å². The molecule has 2 saturated heterocycles. The molecule has 29 heavy (non-hydrogen) atoms. The van der Waals surface area contributed by atoms with E-state index in [0.29, 0.717) is 11.6 Å². The molecular weight excluding hydrogens is 360 g/mol. The second-order valence-electron chi connectivity index (χ2n) is 8.65. The molecule has 4 rings (SSSR count). The third-order valence-corrected chi connectivity index (χ3v) is 6.27. The number of rotatable bonds is 4. The zero-order chi connectivity index (χ0) is 20.2. The van der Waals surface area contributed by atoms with Gasteiger partial charge in [0.05, 0.1) is 5.56 Å². The van der Waals surface area contributed by atoms with Gasteiger partial charge in [0.2, 0.25) is 0 Å². The number of hydrogen-bond acceptors (Lipinski definition) is 4. The van der Waals surface area contributed by atoms with Crippen molar-refractivity contribution in [3.8, 4) is 0 Å². The summed E-state index contributed by atoms with van der Waals surface area (Å²) in [6.07, 6.45) is 6.13. The number of anilines is 2. The van der Waals surface area contributed by atoms with E-state index in [-0.39, 0.29) is 5.91 Å². The monoisotopic (exact) mass is 392 g/mol. The third-order valence-electron chi connectivity index (χ3n) is 6.27. The summed E-state index contributed by atoms with van der Waals surface area (Å²) >= 11 is 0. The number of nitrogens with zero attached hydrogens (tertiary/aromatic N) is 3. The minimum Gasteiger partial charge on any atom is -0.382 e. The van der Waals surface area contributed by atoms with Gasteiger partial charge in [0.15, 0.2) is 0 Å². The van der Waals surface area contributed by atoms with E-state index in [2.05, 4.69) is 53.3 Å². The van der Waals surface area contributed by atoms with Crippen LogP contribution in [0.3, 0.4) is 0 Å². The van der Waals surface area contributed by atoms with Gasteiger partial charge in [-0.2, -0.15) is 0 Å². The van der Waals surface area contributed by atoms with Gasteiger partial charge in [-0.1, -0.05) is 19.1 Å². The average molecular weight is 393 g/mol. The molecule has 0 radical (unpaired) electrons. The highest BCUT2D eigenvalue weighted by atomic mass is 16.2. The molecule has 1 aromatic heterocycles. The van der Waals surface area contributed by atoms with Crippen LogP contribution in [0.4, 0.5) is 11.5 Å². The Labute approximate surface area is 174 Å². The van der Waals surface area contributed by atoms with Crippen LogP contribution in [0.15, 0.2) is 42.6 Å². The average Bonchev–Trinajstić information content (AvgIpc) is 2.75. The van der Waals surface area contributed by atoms with E-state index in [1.54, 1.807) is 6.20 Å². The minimum atomic E-state index is 0.122. The van der Waals surface area contributed by atoms with Gasteiger partial charge in [-0.25, -0.2) is 4.98 Å². The number of aromatic nitrogens is 1. The lowest BCUT2D eigenvalue weighted by atomic mass is 9.99. The predicted molar refractivity (Wildman–Crippen MR) is 119 cm³/mol. The number of benzene rings is 1. The van der Waals surface area contributed by atoms with Crippen molar-refractivity contribution in [3.63, 3.8) is 0 Å². The van der Waals surface area contributed by atoms with E-state index in [4.69, 9.17) is 0 Å². The number of likely N-dealkylation sites (tertiary alicyclic amines) is 1. The van der Waals surface area contributed by atoms with Crippen LogP contribution in [0.2, 0.25) is 0 Å². The topological polar surface area (TPSA) is 48.5 Å². The van der Waals surface area contributed by atoms with Crippen molar-refractivity contribution in [2.24, 2.45) is 5.92 Å². The number of carbonyl (C=O) groups excluding carboxylic acids is 1. The van der Waals surface area contributed by atoms with Crippen LogP contribution in [-0.4, -0.2) is 48.0 Å². The lowest BCUT2D eigenvalue weighted by Crippen LogP contribution is -2.40. The minimum absolute atomic E-state index is 0.122. The molecule has 2 fully saturated rings. The van der Waals surface area contributed by atoms with Crippen molar-refractivity contribution in [2.45, 2.75) is 45.6 Å². The first-order valence-corrected chi connectivity index (χ1v) is 10.9. The maximum Gasteiger partial charge on any atom is 0.255 e. The van der Waals surface area contributed by atoms with Crippen LogP contribution < -0.4 is 10.2 Å². The number of hydrogen-bond donors (Lipinski definition) is 1. The summed E-state index contributed by atoms with van der Waals surface area (Å²) in [6, 6.07) is 13.0. The van der Waals surface area contributed by atoms with Gasteiger partial charge in [0.25, 0.3) is 5.91 Å². The van der Waals surface area contributed by atoms with Crippen molar-refractivity contribution in [1.29, 1.82) is 0 Å². The summed E-state index contributed by atoms with van der Waals surface area (Å²) in [6.45, 7) is 8.07. The molecule has 5 nitrogen and oxygen atoms in total. The normalized spacial score (nSPS) is 18.7. The molecule has 0 unspecified atom stereocenters. The summed E-state index contributed by atoms with van der Waals surface area (Å²) in [7, 11) is 0. The highest BCUT2D eigenvalue weighted by Crippen LogP contribution is 2.22. The first-order valence-electron chi connectivity index (χ1n) is 10.9. The molecule has 0 spiro atoms. The number of carbonyl (C=O) groups is 1. The molecule has 1 N–H and O–H groups in total. The molecular formula is C24H32N4O. The van der Waals surface area contributed by atoms with Crippen LogP contribution >= 0.6 is 0 Å². The Morgan fingerprint density at radius 1 is 1.03 bits per heavy atom. The first-order chi connectivity index (χ1) is 14.1. The lowest BCUT2D eigenvalue weighted by Gasteiger charge is -2.34. The largest absolute Gasteiger partial charge is 0.382 e. The lowest BCUT2D eigenvalue weighted by molar-refractivity contribution is 0.0697. The van der Waals surface area contributed by atoms with Gasteiger partial charge < -0.3 is 15.1 Å². The SMILES string of the molecule is Cc1cccc(NC2CCN(c3ccc(C(=O)N4CCC(C)CC4)cn3)CC2)c1. The highest BCUT2D eigenvalue weighted by molar-refractivity contribution is 5.94. The van der Waals surface area contributed by atoms with Crippen molar-refractivity contribution in [2.75, 3.05) is 36.4 Å². The van der Waals surface area contributed by atoms with E-state index >= 15 is 0 Å². The van der Waals surface area contributed by atoms with Crippen molar-refractivity contribution >= 4 is 17.4 Å². The molecule has 2 aromatic rings. The van der Waals surface area contributed by atoms with Crippen LogP contribution in [0.1, 0.15) is 48.5 Å². The molecule has 2 aliphatic rings. The predicted octanol–water partition coefficient (Wildman–Crippen LogP) is 4.34. The Bertz CT molecular complexity index is 819. The third kappa shape index (κ3) is 4.89. The van der Waals surface area contributed by atoms with E-state index in [0.717, 1.165) is 63.6 Å². The zero-order valence-electron chi connectivity index (χ0n) is 17.6. The number of piperidine rings is 2. The summed E-state index contributed by atoms with van der Waals surface area (Å²) in [5.41, 5.74) is 3.20. The number of amides is 1. The van der Waals surface area contributed by atoms with Crippen LogP contribution in [0.5, 0.6) is 0 Å².